The van der Waals surface area contributed by atoms with Gasteiger partial charge < -0.3 is 5.32 Å². The van der Waals surface area contributed by atoms with Crippen LogP contribution in [0.4, 0.5) is 0 Å². The molecule has 0 bridgehead atoms. The van der Waals surface area contributed by atoms with Gasteiger partial charge in [-0.05, 0) is 39.0 Å². The first kappa shape index (κ1) is 14.5. The lowest BCUT2D eigenvalue weighted by atomic mass is 9.92. The zero-order valence-electron chi connectivity index (χ0n) is 11.0. The first-order chi connectivity index (χ1) is 6.91. The van der Waals surface area contributed by atoms with Crippen LogP contribution in [0.25, 0.3) is 0 Å². The van der Waals surface area contributed by atoms with E-state index >= 15 is 0 Å². The summed E-state index contributed by atoms with van der Waals surface area (Å²) in [6.45, 7) is 10.7. The fourth-order valence-electron chi connectivity index (χ4n) is 1.54. The predicted octanol–water partition coefficient (Wildman–Crippen LogP) is 3.51. The molecule has 0 saturated heterocycles. The predicted molar refractivity (Wildman–Crippen MR) is 65.8 cm³/mol. The van der Waals surface area contributed by atoms with E-state index in [0.717, 1.165) is 18.8 Å². The second-order valence-electron chi connectivity index (χ2n) is 5.23. The molecule has 15 heavy (non-hydrogen) atoms. The van der Waals surface area contributed by atoms with Gasteiger partial charge >= 0.3 is 0 Å². The lowest BCUT2D eigenvalue weighted by Crippen LogP contribution is -2.43. The third-order valence-electron chi connectivity index (χ3n) is 2.91. The summed E-state index contributed by atoms with van der Waals surface area (Å²) >= 11 is 0. The fraction of sp³-hybridized carbons (Fsp3) is 0.923. The number of amides is 1. The molecule has 2 nitrogen and oxygen atoms in total. The molecule has 0 fully saturated rings. The second-order valence-corrected chi connectivity index (χ2v) is 5.23. The molecular formula is C13H27NO. The molecule has 0 rings (SSSR count). The van der Waals surface area contributed by atoms with E-state index in [2.05, 4.69) is 33.0 Å². The van der Waals surface area contributed by atoms with Gasteiger partial charge in [-0.1, -0.05) is 27.2 Å². The Balaban J connectivity index is 3.90. The lowest BCUT2D eigenvalue weighted by molar-refractivity contribution is -0.122. The molecule has 0 radical (unpaired) electrons. The Morgan fingerprint density at radius 1 is 1.33 bits per heavy atom. The second kappa shape index (κ2) is 6.86. The number of hydrogen-bond acceptors (Lipinski definition) is 1. The zero-order valence-corrected chi connectivity index (χ0v) is 11.0. The van der Waals surface area contributed by atoms with Gasteiger partial charge in [0.1, 0.15) is 0 Å². The third-order valence-corrected chi connectivity index (χ3v) is 2.91. The van der Waals surface area contributed by atoms with Gasteiger partial charge in [0.2, 0.25) is 5.91 Å². The molecule has 0 aromatic rings. The molecule has 1 N–H and O–H groups in total. The highest BCUT2D eigenvalue weighted by Gasteiger charge is 2.20. The topological polar surface area (TPSA) is 29.1 Å². The Morgan fingerprint density at radius 2 is 1.93 bits per heavy atom. The van der Waals surface area contributed by atoms with Gasteiger partial charge in [-0.15, -0.1) is 0 Å². The highest BCUT2D eigenvalue weighted by atomic mass is 16.1. The van der Waals surface area contributed by atoms with E-state index in [1.165, 1.54) is 12.8 Å². The standard InChI is InChI=1S/C13H27NO/c1-6-8-12(15)14-13(4,5)10-9-11(3)7-2/h11H,6-10H2,1-5H3,(H,14,15). The van der Waals surface area contributed by atoms with Crippen molar-refractivity contribution in [2.75, 3.05) is 0 Å². The number of hydrogen-bond donors (Lipinski definition) is 1. The average Bonchev–Trinajstić information content (AvgIpc) is 2.13. The summed E-state index contributed by atoms with van der Waals surface area (Å²) in [6.07, 6.45) is 5.05. The Morgan fingerprint density at radius 3 is 2.40 bits per heavy atom. The summed E-state index contributed by atoms with van der Waals surface area (Å²) in [6, 6.07) is 0. The summed E-state index contributed by atoms with van der Waals surface area (Å²) in [4.78, 5) is 11.5. The molecule has 0 heterocycles. The van der Waals surface area contributed by atoms with E-state index in [1.807, 2.05) is 6.92 Å². The lowest BCUT2D eigenvalue weighted by Gasteiger charge is -2.27. The van der Waals surface area contributed by atoms with Crippen molar-refractivity contribution in [3.8, 4) is 0 Å². The third kappa shape index (κ3) is 7.40. The zero-order chi connectivity index (χ0) is 11.9. The largest absolute Gasteiger partial charge is 0.351 e. The molecule has 2 heteroatoms. The minimum atomic E-state index is -0.0459. The van der Waals surface area contributed by atoms with Crippen LogP contribution < -0.4 is 5.32 Å². The molecule has 0 aliphatic rings. The Labute approximate surface area is 94.8 Å². The van der Waals surface area contributed by atoms with Crippen molar-refractivity contribution in [3.63, 3.8) is 0 Å². The summed E-state index contributed by atoms with van der Waals surface area (Å²) in [7, 11) is 0. The van der Waals surface area contributed by atoms with Gasteiger partial charge in [-0.25, -0.2) is 0 Å². The first-order valence-corrected chi connectivity index (χ1v) is 6.22. The van der Waals surface area contributed by atoms with Gasteiger partial charge in [-0.3, -0.25) is 4.79 Å². The molecule has 1 atom stereocenters. The molecule has 0 aromatic carbocycles. The number of nitrogens with one attached hydrogen (secondary N) is 1. The molecule has 0 saturated carbocycles. The van der Waals surface area contributed by atoms with E-state index in [-0.39, 0.29) is 11.4 Å². The number of rotatable bonds is 7. The maximum absolute atomic E-state index is 11.5. The Kier molecular flexibility index (Phi) is 6.62. The number of carbonyl (C=O) groups excluding carboxylic acids is 1. The van der Waals surface area contributed by atoms with Crippen LogP contribution in [0.2, 0.25) is 0 Å². The molecule has 0 aliphatic carbocycles. The van der Waals surface area contributed by atoms with Gasteiger partial charge in [0.25, 0.3) is 0 Å². The van der Waals surface area contributed by atoms with Crippen LogP contribution in [-0.4, -0.2) is 11.4 Å². The SMILES string of the molecule is CCCC(=O)NC(C)(C)CCC(C)CC. The van der Waals surface area contributed by atoms with E-state index < -0.39 is 0 Å². The molecule has 1 amide bonds. The Hall–Kier alpha value is -0.530. The maximum Gasteiger partial charge on any atom is 0.220 e. The van der Waals surface area contributed by atoms with Crippen LogP contribution in [0.5, 0.6) is 0 Å². The first-order valence-electron chi connectivity index (χ1n) is 6.22. The van der Waals surface area contributed by atoms with Gasteiger partial charge in [0, 0.05) is 12.0 Å². The molecule has 1 unspecified atom stereocenters. The normalized spacial score (nSPS) is 13.7. The van der Waals surface area contributed by atoms with E-state index in [9.17, 15) is 4.79 Å². The highest BCUT2D eigenvalue weighted by molar-refractivity contribution is 5.76. The van der Waals surface area contributed by atoms with Gasteiger partial charge in [-0.2, -0.15) is 0 Å². The monoisotopic (exact) mass is 213 g/mol. The maximum atomic E-state index is 11.5. The summed E-state index contributed by atoms with van der Waals surface area (Å²) < 4.78 is 0. The van der Waals surface area contributed by atoms with Crippen molar-refractivity contribution in [1.82, 2.24) is 5.32 Å². The summed E-state index contributed by atoms with van der Waals surface area (Å²) in [5.74, 6) is 0.944. The fourth-order valence-corrected chi connectivity index (χ4v) is 1.54. The Bertz CT molecular complexity index is 187. The molecule has 0 aliphatic heterocycles. The van der Waals surface area contributed by atoms with Gasteiger partial charge in [0.15, 0.2) is 0 Å². The smallest absolute Gasteiger partial charge is 0.220 e. The van der Waals surface area contributed by atoms with Crippen LogP contribution in [-0.2, 0) is 4.79 Å². The minimum absolute atomic E-state index is 0.0459. The van der Waals surface area contributed by atoms with Crippen LogP contribution in [0.1, 0.15) is 66.7 Å². The van der Waals surface area contributed by atoms with Crippen molar-refractivity contribution < 1.29 is 4.79 Å². The van der Waals surface area contributed by atoms with Crippen LogP contribution in [0.15, 0.2) is 0 Å². The molecule has 0 spiro atoms. The van der Waals surface area contributed by atoms with Crippen molar-refractivity contribution in [2.24, 2.45) is 5.92 Å². The van der Waals surface area contributed by atoms with E-state index in [0.29, 0.717) is 6.42 Å². The van der Waals surface area contributed by atoms with Crippen molar-refractivity contribution in [2.45, 2.75) is 72.3 Å². The summed E-state index contributed by atoms with van der Waals surface area (Å²) in [5, 5.41) is 3.10. The van der Waals surface area contributed by atoms with Crippen molar-refractivity contribution >= 4 is 5.91 Å². The van der Waals surface area contributed by atoms with Crippen LogP contribution in [0.3, 0.4) is 0 Å². The summed E-state index contributed by atoms with van der Waals surface area (Å²) in [5.41, 5.74) is -0.0459. The quantitative estimate of drug-likeness (QED) is 0.689. The van der Waals surface area contributed by atoms with Crippen LogP contribution >= 0.6 is 0 Å². The average molecular weight is 213 g/mol. The number of carbonyl (C=O) groups is 1. The highest BCUT2D eigenvalue weighted by Crippen LogP contribution is 2.18. The molecule has 90 valence electrons. The van der Waals surface area contributed by atoms with Crippen LogP contribution in [0, 0.1) is 5.92 Å². The van der Waals surface area contributed by atoms with Crippen molar-refractivity contribution in [3.05, 3.63) is 0 Å². The minimum Gasteiger partial charge on any atom is -0.351 e. The molecule has 0 aromatic heterocycles. The van der Waals surface area contributed by atoms with E-state index in [4.69, 9.17) is 0 Å². The molecular weight excluding hydrogens is 186 g/mol. The van der Waals surface area contributed by atoms with E-state index in [1.54, 1.807) is 0 Å². The van der Waals surface area contributed by atoms with Gasteiger partial charge in [0.05, 0.1) is 0 Å². The van der Waals surface area contributed by atoms with Crippen molar-refractivity contribution in [1.29, 1.82) is 0 Å².